The van der Waals surface area contributed by atoms with Crippen LogP contribution in [-0.2, 0) is 4.79 Å². The fraction of sp³-hybridized carbons (Fsp3) is 0.143. The standard InChI is InChI=1S/C21H21N5O2/c1-13-5-4-6-18(11-13)25-20-12-19(22-14(2)23-20)21(28)26-17-9-7-16(8-10-17)24-15(3)27/h4-12H,1-3H3,(H,24,27)(H,26,28)(H,22,23,25). The monoisotopic (exact) mass is 375 g/mol. The van der Waals surface area contributed by atoms with Crippen LogP contribution in [0.5, 0.6) is 0 Å². The zero-order valence-electron chi connectivity index (χ0n) is 15.9. The van der Waals surface area contributed by atoms with Gasteiger partial charge < -0.3 is 16.0 Å². The van der Waals surface area contributed by atoms with Gasteiger partial charge in [-0.05, 0) is 55.8 Å². The molecule has 3 N–H and O–H groups in total. The van der Waals surface area contributed by atoms with Crippen molar-refractivity contribution in [3.63, 3.8) is 0 Å². The molecule has 0 aliphatic carbocycles. The zero-order chi connectivity index (χ0) is 20.1. The molecule has 7 nitrogen and oxygen atoms in total. The number of aryl methyl sites for hydroxylation is 2. The molecular weight excluding hydrogens is 354 g/mol. The highest BCUT2D eigenvalue weighted by Gasteiger charge is 2.11. The lowest BCUT2D eigenvalue weighted by molar-refractivity contribution is -0.114. The predicted octanol–water partition coefficient (Wildman–Crippen LogP) is 4.05. The van der Waals surface area contributed by atoms with Crippen LogP contribution in [0.3, 0.4) is 0 Å². The lowest BCUT2D eigenvalue weighted by Gasteiger charge is -2.10. The Labute approximate surface area is 163 Å². The van der Waals surface area contributed by atoms with Crippen molar-refractivity contribution in [2.24, 2.45) is 0 Å². The predicted molar refractivity (Wildman–Crippen MR) is 110 cm³/mol. The van der Waals surface area contributed by atoms with Crippen LogP contribution < -0.4 is 16.0 Å². The van der Waals surface area contributed by atoms with Gasteiger partial charge in [-0.3, -0.25) is 9.59 Å². The van der Waals surface area contributed by atoms with Crippen molar-refractivity contribution in [3.05, 3.63) is 71.7 Å². The average molecular weight is 375 g/mol. The summed E-state index contributed by atoms with van der Waals surface area (Å²) in [5.74, 6) is 0.542. The minimum Gasteiger partial charge on any atom is -0.340 e. The lowest BCUT2D eigenvalue weighted by Crippen LogP contribution is -2.15. The first-order valence-electron chi connectivity index (χ1n) is 8.77. The summed E-state index contributed by atoms with van der Waals surface area (Å²) in [7, 11) is 0. The number of rotatable bonds is 5. The molecule has 1 aromatic heterocycles. The van der Waals surface area contributed by atoms with E-state index in [1.165, 1.54) is 6.92 Å². The van der Waals surface area contributed by atoms with Crippen LogP contribution in [0, 0.1) is 13.8 Å². The number of carbonyl (C=O) groups is 2. The van der Waals surface area contributed by atoms with E-state index in [0.717, 1.165) is 11.3 Å². The van der Waals surface area contributed by atoms with Gasteiger partial charge in [-0.2, -0.15) is 0 Å². The number of carbonyl (C=O) groups excluding carboxylic acids is 2. The number of benzene rings is 2. The van der Waals surface area contributed by atoms with Gasteiger partial charge in [0, 0.05) is 30.1 Å². The van der Waals surface area contributed by atoms with E-state index in [-0.39, 0.29) is 17.5 Å². The van der Waals surface area contributed by atoms with Crippen LogP contribution in [0.15, 0.2) is 54.6 Å². The van der Waals surface area contributed by atoms with Gasteiger partial charge in [0.15, 0.2) is 0 Å². The van der Waals surface area contributed by atoms with Crippen LogP contribution in [0.1, 0.15) is 28.8 Å². The highest BCUT2D eigenvalue weighted by Crippen LogP contribution is 2.18. The number of amides is 2. The normalized spacial score (nSPS) is 10.2. The number of nitrogens with zero attached hydrogens (tertiary/aromatic N) is 2. The van der Waals surface area contributed by atoms with Crippen LogP contribution in [-0.4, -0.2) is 21.8 Å². The van der Waals surface area contributed by atoms with Gasteiger partial charge in [-0.15, -0.1) is 0 Å². The Morgan fingerprint density at radius 2 is 1.50 bits per heavy atom. The minimum atomic E-state index is -0.343. The quantitative estimate of drug-likeness (QED) is 0.625. The summed E-state index contributed by atoms with van der Waals surface area (Å²) >= 11 is 0. The van der Waals surface area contributed by atoms with Gasteiger partial charge in [-0.1, -0.05) is 12.1 Å². The molecule has 0 saturated heterocycles. The van der Waals surface area contributed by atoms with Gasteiger partial charge >= 0.3 is 0 Å². The zero-order valence-corrected chi connectivity index (χ0v) is 15.9. The second kappa shape index (κ2) is 8.30. The molecule has 7 heteroatoms. The van der Waals surface area contributed by atoms with Crippen molar-refractivity contribution in [2.75, 3.05) is 16.0 Å². The number of nitrogens with one attached hydrogen (secondary N) is 3. The van der Waals surface area contributed by atoms with Crippen molar-refractivity contribution in [1.82, 2.24) is 9.97 Å². The van der Waals surface area contributed by atoms with Gasteiger partial charge in [0.1, 0.15) is 17.3 Å². The molecule has 0 atom stereocenters. The number of aromatic nitrogens is 2. The average Bonchev–Trinajstić information content (AvgIpc) is 2.62. The van der Waals surface area contributed by atoms with Crippen molar-refractivity contribution in [1.29, 1.82) is 0 Å². The minimum absolute atomic E-state index is 0.151. The van der Waals surface area contributed by atoms with Crippen LogP contribution in [0.25, 0.3) is 0 Å². The number of anilines is 4. The Kier molecular flexibility index (Phi) is 5.64. The molecule has 2 amide bonds. The highest BCUT2D eigenvalue weighted by molar-refractivity contribution is 6.03. The third kappa shape index (κ3) is 5.14. The summed E-state index contributed by atoms with van der Waals surface area (Å²) in [4.78, 5) is 32.2. The first kappa shape index (κ1) is 19.0. The molecule has 0 aliphatic heterocycles. The van der Waals surface area contributed by atoms with Crippen molar-refractivity contribution in [2.45, 2.75) is 20.8 Å². The molecule has 0 radical (unpaired) electrons. The topological polar surface area (TPSA) is 96.0 Å². The molecule has 28 heavy (non-hydrogen) atoms. The summed E-state index contributed by atoms with van der Waals surface area (Å²) in [6.07, 6.45) is 0. The molecule has 1 heterocycles. The molecule has 0 bridgehead atoms. The summed E-state index contributed by atoms with van der Waals surface area (Å²) in [6.45, 7) is 5.18. The van der Waals surface area contributed by atoms with E-state index in [1.807, 2.05) is 31.2 Å². The largest absolute Gasteiger partial charge is 0.340 e. The Morgan fingerprint density at radius 3 is 2.14 bits per heavy atom. The van der Waals surface area contributed by atoms with E-state index < -0.39 is 0 Å². The summed E-state index contributed by atoms with van der Waals surface area (Å²) in [5, 5.41) is 8.67. The SMILES string of the molecule is CC(=O)Nc1ccc(NC(=O)c2cc(Nc3cccc(C)c3)nc(C)n2)cc1. The maximum atomic E-state index is 12.6. The Balaban J connectivity index is 1.74. The molecule has 0 unspecified atom stereocenters. The van der Waals surface area contributed by atoms with Gasteiger partial charge in [0.2, 0.25) is 5.91 Å². The van der Waals surface area contributed by atoms with E-state index in [4.69, 9.17) is 0 Å². The molecule has 3 rings (SSSR count). The fourth-order valence-electron chi connectivity index (χ4n) is 2.65. The van der Waals surface area contributed by atoms with Crippen molar-refractivity contribution < 1.29 is 9.59 Å². The Hall–Kier alpha value is -3.74. The number of hydrogen-bond donors (Lipinski definition) is 3. The second-order valence-corrected chi connectivity index (χ2v) is 6.39. The molecule has 0 spiro atoms. The Morgan fingerprint density at radius 1 is 0.821 bits per heavy atom. The first-order valence-corrected chi connectivity index (χ1v) is 8.77. The van der Waals surface area contributed by atoms with Crippen molar-refractivity contribution >= 4 is 34.7 Å². The summed E-state index contributed by atoms with van der Waals surface area (Å²) < 4.78 is 0. The summed E-state index contributed by atoms with van der Waals surface area (Å²) in [5.41, 5.74) is 3.53. The molecule has 0 fully saturated rings. The summed E-state index contributed by atoms with van der Waals surface area (Å²) in [6, 6.07) is 16.3. The van der Waals surface area contributed by atoms with E-state index in [1.54, 1.807) is 37.3 Å². The van der Waals surface area contributed by atoms with E-state index in [9.17, 15) is 9.59 Å². The van der Waals surface area contributed by atoms with Crippen LogP contribution >= 0.6 is 0 Å². The Bertz CT molecular complexity index is 1020. The molecule has 0 aliphatic rings. The first-order chi connectivity index (χ1) is 13.4. The second-order valence-electron chi connectivity index (χ2n) is 6.39. The van der Waals surface area contributed by atoms with E-state index in [0.29, 0.717) is 23.0 Å². The molecule has 2 aromatic carbocycles. The number of hydrogen-bond acceptors (Lipinski definition) is 5. The molecular formula is C21H21N5O2. The van der Waals surface area contributed by atoms with Gasteiger partial charge in [0.05, 0.1) is 0 Å². The molecule has 0 saturated carbocycles. The molecule has 142 valence electrons. The van der Waals surface area contributed by atoms with Gasteiger partial charge in [-0.25, -0.2) is 9.97 Å². The van der Waals surface area contributed by atoms with E-state index in [2.05, 4.69) is 25.9 Å². The van der Waals surface area contributed by atoms with Crippen molar-refractivity contribution in [3.8, 4) is 0 Å². The van der Waals surface area contributed by atoms with Gasteiger partial charge in [0.25, 0.3) is 5.91 Å². The van der Waals surface area contributed by atoms with E-state index >= 15 is 0 Å². The third-order valence-electron chi connectivity index (χ3n) is 3.82. The van der Waals surface area contributed by atoms with Crippen LogP contribution in [0.4, 0.5) is 22.9 Å². The maximum Gasteiger partial charge on any atom is 0.274 e. The molecule has 3 aromatic rings. The smallest absolute Gasteiger partial charge is 0.274 e. The fourth-order valence-corrected chi connectivity index (χ4v) is 2.65. The maximum absolute atomic E-state index is 12.6. The highest BCUT2D eigenvalue weighted by atomic mass is 16.2. The third-order valence-corrected chi connectivity index (χ3v) is 3.82. The lowest BCUT2D eigenvalue weighted by atomic mass is 10.2. The van der Waals surface area contributed by atoms with Crippen LogP contribution in [0.2, 0.25) is 0 Å².